The molecule has 0 aliphatic heterocycles. The predicted octanol–water partition coefficient (Wildman–Crippen LogP) is 3.28. The minimum absolute atomic E-state index is 0.152. The lowest BCUT2D eigenvalue weighted by Crippen LogP contribution is -2.50. The van der Waals surface area contributed by atoms with Gasteiger partial charge >= 0.3 is 5.97 Å². The second-order valence-corrected chi connectivity index (χ2v) is 6.21. The van der Waals surface area contributed by atoms with Crippen LogP contribution in [-0.4, -0.2) is 35.4 Å². The quantitative estimate of drug-likeness (QED) is 0.408. The van der Waals surface area contributed by atoms with E-state index in [2.05, 4.69) is 17.2 Å². The van der Waals surface area contributed by atoms with Crippen LogP contribution in [0.3, 0.4) is 0 Å². The lowest BCUT2D eigenvalue weighted by Gasteiger charge is -2.28. The highest BCUT2D eigenvalue weighted by atomic mass is 32.2. The zero-order chi connectivity index (χ0) is 15.6. The number of hydrogen-bond donors (Lipinski definition) is 1. The largest absolute Gasteiger partial charge is 0.465 e. The molecule has 1 heterocycles. The molecule has 0 amide bonds. The van der Waals surface area contributed by atoms with E-state index >= 15 is 0 Å². The standard InChI is InChI=1S/C16H26N2O2S/c1-4-11-18-16(3,15(19)20-5-2)10-8-13-21-14-9-6-7-12-17-14/h6-7,9,12,18H,4-5,8,10-11,13H2,1-3H3. The van der Waals surface area contributed by atoms with Gasteiger partial charge < -0.3 is 10.1 Å². The first kappa shape index (κ1) is 18.0. The molecule has 1 rings (SSSR count). The normalized spacial score (nSPS) is 13.7. The first-order chi connectivity index (χ1) is 10.1. The maximum absolute atomic E-state index is 12.1. The topological polar surface area (TPSA) is 51.2 Å². The predicted molar refractivity (Wildman–Crippen MR) is 87.5 cm³/mol. The summed E-state index contributed by atoms with van der Waals surface area (Å²) in [6, 6.07) is 5.90. The fourth-order valence-electron chi connectivity index (χ4n) is 1.99. The monoisotopic (exact) mass is 310 g/mol. The van der Waals surface area contributed by atoms with Crippen LogP contribution in [0, 0.1) is 0 Å². The van der Waals surface area contributed by atoms with Gasteiger partial charge in [-0.05, 0) is 57.5 Å². The number of esters is 1. The minimum atomic E-state index is -0.587. The number of carbonyl (C=O) groups excluding carboxylic acids is 1. The first-order valence-corrected chi connectivity index (χ1v) is 8.57. The first-order valence-electron chi connectivity index (χ1n) is 7.58. The molecule has 0 spiro atoms. The Balaban J connectivity index is 2.43. The maximum Gasteiger partial charge on any atom is 0.326 e. The molecule has 0 aliphatic carbocycles. The summed E-state index contributed by atoms with van der Waals surface area (Å²) in [7, 11) is 0. The van der Waals surface area contributed by atoms with Gasteiger partial charge in [0.05, 0.1) is 11.6 Å². The van der Waals surface area contributed by atoms with E-state index in [9.17, 15) is 4.79 Å². The fourth-order valence-corrected chi connectivity index (χ4v) is 2.80. The highest BCUT2D eigenvalue weighted by molar-refractivity contribution is 7.99. The van der Waals surface area contributed by atoms with Gasteiger partial charge in [-0.3, -0.25) is 4.79 Å². The van der Waals surface area contributed by atoms with Crippen molar-refractivity contribution in [1.29, 1.82) is 0 Å². The molecule has 5 heteroatoms. The third kappa shape index (κ3) is 6.48. The highest BCUT2D eigenvalue weighted by Crippen LogP contribution is 2.20. The molecular formula is C16H26N2O2S. The molecule has 0 aliphatic rings. The summed E-state index contributed by atoms with van der Waals surface area (Å²) < 4.78 is 5.20. The maximum atomic E-state index is 12.1. The molecule has 1 aromatic rings. The number of ether oxygens (including phenoxy) is 1. The molecule has 0 saturated heterocycles. The van der Waals surface area contributed by atoms with Gasteiger partial charge in [0.1, 0.15) is 5.54 Å². The number of nitrogens with zero attached hydrogens (tertiary/aromatic N) is 1. The lowest BCUT2D eigenvalue weighted by atomic mass is 9.96. The summed E-state index contributed by atoms with van der Waals surface area (Å²) in [6.07, 6.45) is 4.50. The van der Waals surface area contributed by atoms with Gasteiger partial charge in [-0.1, -0.05) is 13.0 Å². The number of carbonyl (C=O) groups is 1. The molecule has 1 aromatic heterocycles. The molecule has 0 radical (unpaired) electrons. The molecule has 0 fully saturated rings. The Morgan fingerprint density at radius 1 is 1.43 bits per heavy atom. The van der Waals surface area contributed by atoms with Gasteiger partial charge in [-0.2, -0.15) is 0 Å². The molecule has 0 saturated carbocycles. The van der Waals surface area contributed by atoms with Crippen LogP contribution in [-0.2, 0) is 9.53 Å². The summed E-state index contributed by atoms with van der Waals surface area (Å²) in [6.45, 7) is 7.12. The third-order valence-electron chi connectivity index (χ3n) is 3.20. The van der Waals surface area contributed by atoms with E-state index in [0.717, 1.165) is 36.6 Å². The average molecular weight is 310 g/mol. The number of aromatic nitrogens is 1. The Morgan fingerprint density at radius 3 is 2.86 bits per heavy atom. The summed E-state index contributed by atoms with van der Waals surface area (Å²) in [4.78, 5) is 16.4. The van der Waals surface area contributed by atoms with Gasteiger partial charge in [0.25, 0.3) is 0 Å². The van der Waals surface area contributed by atoms with Crippen molar-refractivity contribution in [3.8, 4) is 0 Å². The number of rotatable bonds is 10. The molecule has 1 atom stereocenters. The number of thioether (sulfide) groups is 1. The summed E-state index contributed by atoms with van der Waals surface area (Å²) in [5.74, 6) is 0.793. The molecular weight excluding hydrogens is 284 g/mol. The molecule has 0 bridgehead atoms. The van der Waals surface area contributed by atoms with Crippen LogP contribution in [0.25, 0.3) is 0 Å². The van der Waals surface area contributed by atoms with Crippen LogP contribution in [0.4, 0.5) is 0 Å². The van der Waals surface area contributed by atoms with Gasteiger partial charge in [0.15, 0.2) is 0 Å². The zero-order valence-electron chi connectivity index (χ0n) is 13.2. The van der Waals surface area contributed by atoms with Crippen molar-refractivity contribution in [2.45, 2.75) is 50.6 Å². The fraction of sp³-hybridized carbons (Fsp3) is 0.625. The second kappa shape index (κ2) is 9.79. The Bertz CT molecular complexity index is 414. The van der Waals surface area contributed by atoms with E-state index in [1.54, 1.807) is 18.0 Å². The van der Waals surface area contributed by atoms with E-state index in [1.807, 2.05) is 32.0 Å². The molecule has 1 unspecified atom stereocenters. The van der Waals surface area contributed by atoms with Gasteiger partial charge in [0.2, 0.25) is 0 Å². The lowest BCUT2D eigenvalue weighted by molar-refractivity contribution is -0.150. The number of pyridine rings is 1. The van der Waals surface area contributed by atoms with Crippen LogP contribution in [0.2, 0.25) is 0 Å². The van der Waals surface area contributed by atoms with Gasteiger partial charge in [0, 0.05) is 6.20 Å². The van der Waals surface area contributed by atoms with Crippen LogP contribution < -0.4 is 5.32 Å². The van der Waals surface area contributed by atoms with E-state index in [1.165, 1.54) is 0 Å². The molecule has 21 heavy (non-hydrogen) atoms. The van der Waals surface area contributed by atoms with Crippen LogP contribution in [0.1, 0.15) is 40.0 Å². The number of nitrogens with one attached hydrogen (secondary N) is 1. The smallest absolute Gasteiger partial charge is 0.326 e. The van der Waals surface area contributed by atoms with Crippen molar-refractivity contribution in [3.63, 3.8) is 0 Å². The van der Waals surface area contributed by atoms with Crippen molar-refractivity contribution in [2.24, 2.45) is 0 Å². The number of hydrogen-bond acceptors (Lipinski definition) is 5. The summed E-state index contributed by atoms with van der Waals surface area (Å²) >= 11 is 1.72. The van der Waals surface area contributed by atoms with Gasteiger partial charge in [-0.25, -0.2) is 4.98 Å². The molecule has 1 N–H and O–H groups in total. The SMILES string of the molecule is CCCNC(C)(CCCSc1ccccn1)C(=O)OCC. The third-order valence-corrected chi connectivity index (χ3v) is 4.23. The van der Waals surface area contributed by atoms with E-state index in [-0.39, 0.29) is 5.97 Å². The second-order valence-electron chi connectivity index (χ2n) is 5.10. The zero-order valence-corrected chi connectivity index (χ0v) is 14.0. The molecule has 4 nitrogen and oxygen atoms in total. The Morgan fingerprint density at radius 2 is 2.24 bits per heavy atom. The van der Waals surface area contributed by atoms with Crippen molar-refractivity contribution in [3.05, 3.63) is 24.4 Å². The Hall–Kier alpha value is -1.07. The minimum Gasteiger partial charge on any atom is -0.465 e. The van der Waals surface area contributed by atoms with Crippen molar-refractivity contribution >= 4 is 17.7 Å². The summed E-state index contributed by atoms with van der Waals surface area (Å²) in [5, 5.41) is 4.35. The van der Waals surface area contributed by atoms with E-state index < -0.39 is 5.54 Å². The van der Waals surface area contributed by atoms with Crippen LogP contribution in [0.15, 0.2) is 29.4 Å². The average Bonchev–Trinajstić information content (AvgIpc) is 2.51. The van der Waals surface area contributed by atoms with Crippen molar-refractivity contribution < 1.29 is 9.53 Å². The van der Waals surface area contributed by atoms with Crippen molar-refractivity contribution in [1.82, 2.24) is 10.3 Å². The van der Waals surface area contributed by atoms with Gasteiger partial charge in [-0.15, -0.1) is 11.8 Å². The summed E-state index contributed by atoms with van der Waals surface area (Å²) in [5.41, 5.74) is -0.587. The van der Waals surface area contributed by atoms with E-state index in [4.69, 9.17) is 4.74 Å². The van der Waals surface area contributed by atoms with E-state index in [0.29, 0.717) is 6.61 Å². The molecule has 0 aromatic carbocycles. The Kier molecular flexibility index (Phi) is 8.38. The van der Waals surface area contributed by atoms with Crippen LogP contribution in [0.5, 0.6) is 0 Å². The highest BCUT2D eigenvalue weighted by Gasteiger charge is 2.33. The van der Waals surface area contributed by atoms with Crippen molar-refractivity contribution in [2.75, 3.05) is 18.9 Å². The molecule has 118 valence electrons. The van der Waals surface area contributed by atoms with Crippen LogP contribution >= 0.6 is 11.8 Å². The Labute approximate surface area is 132 Å².